The highest BCUT2D eigenvalue weighted by molar-refractivity contribution is 5.83. The molecule has 1 N–H and O–H groups in total. The Morgan fingerprint density at radius 3 is 2.64 bits per heavy atom. The van der Waals surface area contributed by atoms with E-state index in [1.807, 2.05) is 0 Å². The van der Waals surface area contributed by atoms with E-state index in [1.54, 1.807) is 6.92 Å². The maximum absolute atomic E-state index is 12.3. The topological polar surface area (TPSA) is 15.8 Å². The Labute approximate surface area is 78.5 Å². The number of nitrogens with one attached hydrogen (secondary N) is 1. The number of aromatic amines is 1. The van der Waals surface area contributed by atoms with Gasteiger partial charge in [0, 0.05) is 10.9 Å². The van der Waals surface area contributed by atoms with Gasteiger partial charge in [-0.2, -0.15) is 13.2 Å². The Morgan fingerprint density at radius 2 is 2.00 bits per heavy atom. The van der Waals surface area contributed by atoms with E-state index in [0.29, 0.717) is 16.5 Å². The predicted octanol–water partition coefficient (Wildman–Crippen LogP) is 3.30. The zero-order valence-corrected chi connectivity index (χ0v) is 7.37. The van der Waals surface area contributed by atoms with Crippen molar-refractivity contribution < 1.29 is 13.2 Å². The van der Waals surface area contributed by atoms with Crippen LogP contribution in [0.1, 0.15) is 11.1 Å². The van der Waals surface area contributed by atoms with Crippen molar-refractivity contribution in [1.82, 2.24) is 4.98 Å². The Morgan fingerprint density at radius 1 is 1.29 bits per heavy atom. The summed E-state index contributed by atoms with van der Waals surface area (Å²) in [7, 11) is 0. The molecule has 73 valence electrons. The number of halogens is 3. The van der Waals surface area contributed by atoms with Gasteiger partial charge >= 0.3 is 6.18 Å². The summed E-state index contributed by atoms with van der Waals surface area (Å²) in [4.78, 5) is 2.77. The summed E-state index contributed by atoms with van der Waals surface area (Å²) < 4.78 is 37.0. The molecule has 0 saturated heterocycles. The first-order valence-electron chi connectivity index (χ1n) is 4.05. The maximum atomic E-state index is 12.3. The highest BCUT2D eigenvalue weighted by atomic mass is 19.4. The third-order valence-corrected chi connectivity index (χ3v) is 2.14. The number of H-pyrrole nitrogens is 1. The fourth-order valence-corrected chi connectivity index (χ4v) is 1.37. The molecule has 0 aliphatic heterocycles. The molecule has 2 rings (SSSR count). The molecule has 0 fully saturated rings. The largest absolute Gasteiger partial charge is 0.416 e. The van der Waals surface area contributed by atoms with Crippen molar-refractivity contribution in [3.8, 4) is 0 Å². The number of benzene rings is 1. The predicted molar refractivity (Wildman–Crippen MR) is 46.9 cm³/mol. The van der Waals surface area contributed by atoms with Crippen LogP contribution in [0.3, 0.4) is 0 Å². The van der Waals surface area contributed by atoms with Gasteiger partial charge in [-0.15, -0.1) is 0 Å². The van der Waals surface area contributed by atoms with E-state index in [4.69, 9.17) is 0 Å². The van der Waals surface area contributed by atoms with E-state index in [0.717, 1.165) is 12.1 Å². The van der Waals surface area contributed by atoms with Crippen molar-refractivity contribution in [1.29, 1.82) is 0 Å². The lowest BCUT2D eigenvalue weighted by Gasteiger charge is -2.06. The molecular formula is C10H7F3N. The molecule has 1 heterocycles. The fraction of sp³-hybridized carbons (Fsp3) is 0.200. The summed E-state index contributed by atoms with van der Waals surface area (Å²) >= 11 is 0. The summed E-state index contributed by atoms with van der Waals surface area (Å²) in [5.74, 6) is 0. The highest BCUT2D eigenvalue weighted by Gasteiger charge is 2.30. The number of fused-ring (bicyclic) bond motifs is 1. The second-order valence-corrected chi connectivity index (χ2v) is 3.13. The van der Waals surface area contributed by atoms with Crippen molar-refractivity contribution >= 4 is 10.9 Å². The lowest BCUT2D eigenvalue weighted by molar-refractivity contribution is -0.137. The van der Waals surface area contributed by atoms with Crippen LogP contribution in [0.25, 0.3) is 10.9 Å². The molecule has 14 heavy (non-hydrogen) atoms. The van der Waals surface area contributed by atoms with Crippen LogP contribution in [-0.2, 0) is 6.18 Å². The molecule has 0 saturated carbocycles. The van der Waals surface area contributed by atoms with Gasteiger partial charge in [0.2, 0.25) is 0 Å². The van der Waals surface area contributed by atoms with Crippen LogP contribution in [-0.4, -0.2) is 4.98 Å². The number of aryl methyl sites for hydroxylation is 1. The van der Waals surface area contributed by atoms with E-state index < -0.39 is 11.7 Å². The van der Waals surface area contributed by atoms with Crippen molar-refractivity contribution in [2.75, 3.05) is 0 Å². The Bertz CT molecular complexity index is 468. The Kier molecular flexibility index (Phi) is 1.80. The molecule has 0 aliphatic rings. The first-order valence-corrected chi connectivity index (χ1v) is 4.05. The van der Waals surface area contributed by atoms with Gasteiger partial charge < -0.3 is 4.98 Å². The number of rotatable bonds is 0. The van der Waals surface area contributed by atoms with Gasteiger partial charge in [0.15, 0.2) is 0 Å². The molecule has 0 bridgehead atoms. The molecule has 1 radical (unpaired) electrons. The highest BCUT2D eigenvalue weighted by Crippen LogP contribution is 2.31. The Balaban J connectivity index is 2.66. The minimum atomic E-state index is -4.28. The van der Waals surface area contributed by atoms with E-state index >= 15 is 0 Å². The van der Waals surface area contributed by atoms with Crippen LogP contribution in [0.2, 0.25) is 0 Å². The smallest absolute Gasteiger partial charge is 0.353 e. The molecule has 1 nitrogen and oxygen atoms in total. The summed E-state index contributed by atoms with van der Waals surface area (Å²) in [6.45, 7) is 1.72. The molecule has 0 amide bonds. The third kappa shape index (κ3) is 1.36. The van der Waals surface area contributed by atoms with Gasteiger partial charge in [0.25, 0.3) is 0 Å². The first kappa shape index (κ1) is 9.12. The maximum Gasteiger partial charge on any atom is 0.416 e. The van der Waals surface area contributed by atoms with Crippen LogP contribution < -0.4 is 0 Å². The zero-order chi connectivity index (χ0) is 10.3. The quantitative estimate of drug-likeness (QED) is 0.668. The molecule has 4 heteroatoms. The van der Waals surface area contributed by atoms with Gasteiger partial charge in [0.1, 0.15) is 0 Å². The molecule has 2 aromatic rings. The van der Waals surface area contributed by atoms with Gasteiger partial charge in [-0.05, 0) is 30.7 Å². The molecule has 0 aliphatic carbocycles. The summed E-state index contributed by atoms with van der Waals surface area (Å²) in [5.41, 5.74) is 0.753. The molecule has 0 unspecified atom stereocenters. The van der Waals surface area contributed by atoms with Crippen LogP contribution in [0.15, 0.2) is 18.2 Å². The minimum absolute atomic E-state index is 0.569. The molecule has 0 atom stereocenters. The summed E-state index contributed by atoms with van der Waals surface area (Å²) in [5, 5.41) is 0.569. The number of aromatic nitrogens is 1. The Hall–Kier alpha value is -1.45. The lowest BCUT2D eigenvalue weighted by atomic mass is 10.1. The average molecular weight is 198 g/mol. The van der Waals surface area contributed by atoms with Gasteiger partial charge in [-0.3, -0.25) is 0 Å². The van der Waals surface area contributed by atoms with Crippen molar-refractivity contribution in [2.24, 2.45) is 0 Å². The number of hydrogen-bond donors (Lipinski definition) is 1. The van der Waals surface area contributed by atoms with Crippen molar-refractivity contribution in [3.63, 3.8) is 0 Å². The fourth-order valence-electron chi connectivity index (χ4n) is 1.37. The molecule has 1 aromatic heterocycles. The van der Waals surface area contributed by atoms with Crippen LogP contribution >= 0.6 is 0 Å². The van der Waals surface area contributed by atoms with E-state index in [2.05, 4.69) is 11.2 Å². The van der Waals surface area contributed by atoms with Gasteiger partial charge in [-0.1, -0.05) is 0 Å². The van der Waals surface area contributed by atoms with E-state index in [9.17, 15) is 13.2 Å². The third-order valence-electron chi connectivity index (χ3n) is 2.14. The van der Waals surface area contributed by atoms with Gasteiger partial charge in [0.05, 0.1) is 11.8 Å². The second kappa shape index (κ2) is 2.77. The molecule has 1 aromatic carbocycles. The lowest BCUT2D eigenvalue weighted by Crippen LogP contribution is -2.04. The zero-order valence-electron chi connectivity index (χ0n) is 7.37. The average Bonchev–Trinajstić information content (AvgIpc) is 2.46. The number of hydrogen-bond acceptors (Lipinski definition) is 0. The van der Waals surface area contributed by atoms with Crippen LogP contribution in [0, 0.1) is 13.1 Å². The van der Waals surface area contributed by atoms with Crippen molar-refractivity contribution in [3.05, 3.63) is 35.5 Å². The first-order chi connectivity index (χ1) is 6.48. The minimum Gasteiger partial charge on any atom is -0.353 e. The van der Waals surface area contributed by atoms with E-state index in [-0.39, 0.29) is 0 Å². The van der Waals surface area contributed by atoms with Crippen molar-refractivity contribution in [2.45, 2.75) is 13.1 Å². The SMILES string of the molecule is Cc1[c][nH]c2ccc(C(F)(F)F)cc12. The van der Waals surface area contributed by atoms with Gasteiger partial charge in [-0.25, -0.2) is 0 Å². The molecule has 0 spiro atoms. The monoisotopic (exact) mass is 198 g/mol. The number of alkyl halides is 3. The van der Waals surface area contributed by atoms with E-state index in [1.165, 1.54) is 6.07 Å². The standard InChI is InChI=1S/C10H7F3N/c1-6-5-14-9-3-2-7(4-8(6)9)10(11,12)13/h2-4,14H,1H3. The van der Waals surface area contributed by atoms with Crippen LogP contribution in [0.4, 0.5) is 13.2 Å². The molecular weight excluding hydrogens is 191 g/mol. The summed E-state index contributed by atoms with van der Waals surface area (Å²) in [6, 6.07) is 3.62. The summed E-state index contributed by atoms with van der Waals surface area (Å²) in [6.07, 6.45) is -1.52. The van der Waals surface area contributed by atoms with Crippen LogP contribution in [0.5, 0.6) is 0 Å². The second-order valence-electron chi connectivity index (χ2n) is 3.13. The normalized spacial score (nSPS) is 12.3.